The zero-order chi connectivity index (χ0) is 17.9. The van der Waals surface area contributed by atoms with E-state index in [1.54, 1.807) is 60.8 Å². The summed E-state index contributed by atoms with van der Waals surface area (Å²) in [5, 5.41) is 0. The lowest BCUT2D eigenvalue weighted by Gasteiger charge is -2.24. The third kappa shape index (κ3) is 3.14. The highest BCUT2D eigenvalue weighted by Gasteiger charge is 2.31. The number of hydrogen-bond donors (Lipinski definition) is 1. The molecule has 0 amide bonds. The molecule has 0 saturated carbocycles. The first-order chi connectivity index (χ1) is 12.1. The summed E-state index contributed by atoms with van der Waals surface area (Å²) in [5.41, 5.74) is 0.433. The Labute approximate surface area is 145 Å². The highest BCUT2D eigenvalue weighted by Crippen LogP contribution is 2.32. The second kappa shape index (κ2) is 6.82. The molecule has 0 radical (unpaired) electrons. The summed E-state index contributed by atoms with van der Waals surface area (Å²) in [6.07, 6.45) is 1.63. The molecule has 25 heavy (non-hydrogen) atoms. The van der Waals surface area contributed by atoms with E-state index in [-0.39, 0.29) is 10.5 Å². The van der Waals surface area contributed by atoms with E-state index < -0.39 is 16.0 Å². The average molecular weight is 356 g/mol. The van der Waals surface area contributed by atoms with Crippen molar-refractivity contribution in [1.29, 1.82) is 0 Å². The molecule has 0 aliphatic heterocycles. The minimum atomic E-state index is -4.06. The predicted molar refractivity (Wildman–Crippen MR) is 94.3 cm³/mol. The number of benzene rings is 2. The van der Waals surface area contributed by atoms with E-state index >= 15 is 0 Å². The van der Waals surface area contributed by atoms with Crippen molar-refractivity contribution in [2.45, 2.75) is 4.90 Å². The topological polar surface area (TPSA) is 79.5 Å². The number of carbonyl (C=O) groups excluding carboxylic acids is 1. The molecule has 2 aromatic carbocycles. The van der Waals surface area contributed by atoms with Crippen LogP contribution in [0.25, 0.3) is 0 Å². The van der Waals surface area contributed by atoms with Crippen LogP contribution in [0.15, 0.2) is 77.8 Å². The van der Waals surface area contributed by atoms with Gasteiger partial charge in [0, 0.05) is 6.20 Å². The average Bonchev–Trinajstić information content (AvgIpc) is 3.16. The second-order valence-corrected chi connectivity index (χ2v) is 6.90. The van der Waals surface area contributed by atoms with E-state index in [4.69, 9.17) is 4.74 Å². The Kier molecular flexibility index (Phi) is 4.58. The summed E-state index contributed by atoms with van der Waals surface area (Å²) in [6, 6.07) is 18.0. The van der Waals surface area contributed by atoms with E-state index in [1.807, 2.05) is 0 Å². The molecule has 128 valence electrons. The fourth-order valence-electron chi connectivity index (χ4n) is 2.49. The van der Waals surface area contributed by atoms with Gasteiger partial charge in [-0.15, -0.1) is 0 Å². The molecule has 0 fully saturated rings. The van der Waals surface area contributed by atoms with Gasteiger partial charge >= 0.3 is 5.97 Å². The maximum Gasteiger partial charge on any atom is 0.339 e. The number of sulfonamides is 1. The Morgan fingerprint density at radius 2 is 1.64 bits per heavy atom. The third-order valence-electron chi connectivity index (χ3n) is 3.60. The molecule has 0 saturated heterocycles. The Morgan fingerprint density at radius 1 is 0.960 bits per heavy atom. The van der Waals surface area contributed by atoms with Crippen LogP contribution in [-0.4, -0.2) is 26.5 Å². The summed E-state index contributed by atoms with van der Waals surface area (Å²) in [5.74, 6) is -0.343. The summed E-state index contributed by atoms with van der Waals surface area (Å²) < 4.78 is 32.6. The number of aromatic nitrogens is 1. The van der Waals surface area contributed by atoms with Gasteiger partial charge in [0.15, 0.2) is 0 Å². The van der Waals surface area contributed by atoms with Crippen LogP contribution in [0.3, 0.4) is 0 Å². The Hall–Kier alpha value is -3.06. The van der Waals surface area contributed by atoms with Crippen LogP contribution in [0.5, 0.6) is 0 Å². The second-order valence-electron chi connectivity index (χ2n) is 5.15. The van der Waals surface area contributed by atoms with Crippen molar-refractivity contribution in [1.82, 2.24) is 4.98 Å². The number of nitrogens with one attached hydrogen (secondary N) is 1. The molecule has 6 nitrogen and oxygen atoms in total. The summed E-state index contributed by atoms with van der Waals surface area (Å²) >= 11 is 0. The maximum atomic E-state index is 13.4. The molecular weight excluding hydrogens is 340 g/mol. The van der Waals surface area contributed by atoms with E-state index in [9.17, 15) is 13.2 Å². The van der Waals surface area contributed by atoms with Gasteiger partial charge in [0.05, 0.1) is 18.4 Å². The Bertz CT molecular complexity index is 967. The lowest BCUT2D eigenvalue weighted by atomic mass is 10.2. The largest absolute Gasteiger partial charge is 0.465 e. The van der Waals surface area contributed by atoms with Gasteiger partial charge in [0.25, 0.3) is 10.0 Å². The Morgan fingerprint density at radius 3 is 2.28 bits per heavy atom. The summed E-state index contributed by atoms with van der Waals surface area (Å²) in [6.45, 7) is 0. The molecule has 0 aliphatic rings. The number of aromatic amines is 1. The number of nitrogens with zero attached hydrogens (tertiary/aromatic N) is 1. The van der Waals surface area contributed by atoms with Gasteiger partial charge in [0.1, 0.15) is 10.7 Å². The van der Waals surface area contributed by atoms with Gasteiger partial charge in [-0.2, -0.15) is 0 Å². The first kappa shape index (κ1) is 16.8. The van der Waals surface area contributed by atoms with E-state index in [0.29, 0.717) is 11.5 Å². The van der Waals surface area contributed by atoms with E-state index in [2.05, 4.69) is 4.98 Å². The highest BCUT2D eigenvalue weighted by molar-refractivity contribution is 7.93. The number of ether oxygens (including phenoxy) is 1. The van der Waals surface area contributed by atoms with Crippen LogP contribution in [0.2, 0.25) is 0 Å². The zero-order valence-corrected chi connectivity index (χ0v) is 14.2. The van der Waals surface area contributed by atoms with Crippen LogP contribution in [-0.2, 0) is 14.8 Å². The number of rotatable bonds is 5. The van der Waals surface area contributed by atoms with Crippen molar-refractivity contribution < 1.29 is 17.9 Å². The van der Waals surface area contributed by atoms with Gasteiger partial charge < -0.3 is 9.72 Å². The highest BCUT2D eigenvalue weighted by atomic mass is 32.2. The molecule has 3 aromatic rings. The van der Waals surface area contributed by atoms with Crippen LogP contribution in [0.1, 0.15) is 10.4 Å². The first-order valence-electron chi connectivity index (χ1n) is 7.47. The number of hydrogen-bond acceptors (Lipinski definition) is 4. The molecule has 1 heterocycles. The van der Waals surface area contributed by atoms with Gasteiger partial charge in [-0.1, -0.05) is 30.3 Å². The number of methoxy groups -OCH3 is 1. The lowest BCUT2D eigenvalue weighted by Crippen LogP contribution is -2.28. The minimum Gasteiger partial charge on any atom is -0.465 e. The van der Waals surface area contributed by atoms with Crippen molar-refractivity contribution in [2.75, 3.05) is 11.4 Å². The van der Waals surface area contributed by atoms with Crippen LogP contribution in [0, 0.1) is 0 Å². The normalized spacial score (nSPS) is 11.1. The lowest BCUT2D eigenvalue weighted by molar-refractivity contribution is 0.0596. The number of esters is 1. The first-order valence-corrected chi connectivity index (χ1v) is 8.91. The fourth-order valence-corrected chi connectivity index (χ4v) is 4.13. The van der Waals surface area contributed by atoms with Crippen LogP contribution < -0.4 is 4.31 Å². The van der Waals surface area contributed by atoms with E-state index in [1.165, 1.54) is 19.2 Å². The molecule has 1 N–H and O–H groups in total. The minimum absolute atomic E-state index is 0.0162. The zero-order valence-electron chi connectivity index (χ0n) is 13.4. The van der Waals surface area contributed by atoms with Gasteiger partial charge in [-0.3, -0.25) is 0 Å². The molecule has 0 spiro atoms. The van der Waals surface area contributed by atoms with Crippen molar-refractivity contribution >= 4 is 27.5 Å². The molecule has 0 atom stereocenters. The number of H-pyrrole nitrogens is 1. The van der Waals surface area contributed by atoms with Gasteiger partial charge in [-0.05, 0) is 36.4 Å². The van der Waals surface area contributed by atoms with Crippen LogP contribution >= 0.6 is 0 Å². The molecule has 1 aromatic heterocycles. The van der Waals surface area contributed by atoms with Gasteiger partial charge in [0.2, 0.25) is 0 Å². The van der Waals surface area contributed by atoms with Crippen LogP contribution in [0.4, 0.5) is 11.5 Å². The fraction of sp³-hybridized carbons (Fsp3) is 0.0556. The molecule has 7 heteroatoms. The quantitative estimate of drug-likeness (QED) is 0.711. The van der Waals surface area contributed by atoms with Crippen molar-refractivity contribution in [2.24, 2.45) is 0 Å². The van der Waals surface area contributed by atoms with Crippen molar-refractivity contribution in [3.63, 3.8) is 0 Å². The number of anilines is 2. The smallest absolute Gasteiger partial charge is 0.339 e. The Balaban J connectivity index is 2.22. The number of carbonyl (C=O) groups is 1. The third-order valence-corrected chi connectivity index (χ3v) is 5.40. The summed E-state index contributed by atoms with van der Waals surface area (Å²) in [7, 11) is -2.85. The molecule has 0 bridgehead atoms. The molecule has 0 unspecified atom stereocenters. The standard InChI is InChI=1S/C18H16N2O4S/c1-24-18(21)15-10-5-6-11-16(15)25(22,23)20(17-12-7-13-19-17)14-8-3-2-4-9-14/h2-13,19H,1H3. The number of para-hydroxylation sites is 1. The SMILES string of the molecule is COC(=O)c1ccccc1S(=O)(=O)N(c1ccccc1)c1ccc[nH]1. The van der Waals surface area contributed by atoms with E-state index in [0.717, 1.165) is 4.31 Å². The van der Waals surface area contributed by atoms with Crippen molar-refractivity contribution in [3.05, 3.63) is 78.5 Å². The monoisotopic (exact) mass is 356 g/mol. The van der Waals surface area contributed by atoms with Crippen molar-refractivity contribution in [3.8, 4) is 0 Å². The summed E-state index contributed by atoms with van der Waals surface area (Å²) in [4.78, 5) is 14.8. The molecular formula is C18H16N2O4S. The molecule has 0 aliphatic carbocycles. The molecule has 3 rings (SSSR count). The predicted octanol–water partition coefficient (Wildman–Crippen LogP) is 3.33. The van der Waals surface area contributed by atoms with Gasteiger partial charge in [-0.25, -0.2) is 17.5 Å². The maximum absolute atomic E-state index is 13.4.